The van der Waals surface area contributed by atoms with Gasteiger partial charge in [-0.25, -0.2) is 0 Å². The van der Waals surface area contributed by atoms with E-state index in [0.29, 0.717) is 24.3 Å². The molecule has 1 aliphatic carbocycles. The summed E-state index contributed by atoms with van der Waals surface area (Å²) in [5, 5.41) is 8.89. The highest BCUT2D eigenvalue weighted by atomic mass is 16.3. The van der Waals surface area contributed by atoms with Crippen LogP contribution in [0.3, 0.4) is 0 Å². The Bertz CT molecular complexity index is 228. The van der Waals surface area contributed by atoms with Crippen LogP contribution in [0, 0.1) is 11.8 Å². The van der Waals surface area contributed by atoms with E-state index in [9.17, 15) is 4.79 Å². The monoisotopic (exact) mass is 225 g/mol. The van der Waals surface area contributed by atoms with Crippen molar-refractivity contribution in [3.8, 4) is 0 Å². The van der Waals surface area contributed by atoms with Gasteiger partial charge < -0.3 is 10.0 Å². The molecule has 0 radical (unpaired) electrons. The van der Waals surface area contributed by atoms with Gasteiger partial charge in [-0.2, -0.15) is 0 Å². The van der Waals surface area contributed by atoms with Gasteiger partial charge in [0, 0.05) is 25.6 Å². The number of hydrogen-bond donors (Lipinski definition) is 1. The molecule has 1 aliphatic heterocycles. The molecule has 0 aromatic carbocycles. The molecule has 1 saturated carbocycles. The highest BCUT2D eigenvalue weighted by Gasteiger charge is 2.29. The molecule has 2 fully saturated rings. The third-order valence-corrected chi connectivity index (χ3v) is 4.17. The summed E-state index contributed by atoms with van der Waals surface area (Å²) in [6.07, 6.45) is 7.75. The van der Waals surface area contributed by atoms with Crippen molar-refractivity contribution in [1.82, 2.24) is 4.90 Å². The van der Waals surface area contributed by atoms with Gasteiger partial charge in [-0.15, -0.1) is 0 Å². The summed E-state index contributed by atoms with van der Waals surface area (Å²) in [5.41, 5.74) is 0. The average Bonchev–Trinajstić information content (AvgIpc) is 2.83. The molecule has 3 nitrogen and oxygen atoms in total. The Labute approximate surface area is 97.8 Å². The van der Waals surface area contributed by atoms with Crippen molar-refractivity contribution in [2.24, 2.45) is 11.8 Å². The molecule has 0 aromatic rings. The summed E-state index contributed by atoms with van der Waals surface area (Å²) in [6, 6.07) is 0. The molecule has 2 rings (SSSR count). The second-order valence-corrected chi connectivity index (χ2v) is 5.26. The standard InChI is InChI=1S/C13H23NO2/c15-10-7-11-5-8-14(9-6-11)13(16)12-3-1-2-4-12/h11-12,15H,1-10H2. The Kier molecular flexibility index (Phi) is 4.22. The summed E-state index contributed by atoms with van der Waals surface area (Å²) in [6.45, 7) is 2.13. The molecule has 0 unspecified atom stereocenters. The highest BCUT2D eigenvalue weighted by molar-refractivity contribution is 5.79. The van der Waals surface area contributed by atoms with Gasteiger partial charge in [0.05, 0.1) is 0 Å². The van der Waals surface area contributed by atoms with E-state index in [1.807, 2.05) is 0 Å². The Morgan fingerprint density at radius 2 is 1.75 bits per heavy atom. The average molecular weight is 225 g/mol. The molecule has 92 valence electrons. The topological polar surface area (TPSA) is 40.5 Å². The molecule has 3 heteroatoms. The molecular formula is C13H23NO2. The maximum Gasteiger partial charge on any atom is 0.225 e. The fourth-order valence-electron chi connectivity index (χ4n) is 3.06. The van der Waals surface area contributed by atoms with E-state index in [1.54, 1.807) is 0 Å². The van der Waals surface area contributed by atoms with Gasteiger partial charge in [-0.05, 0) is 38.0 Å². The number of aliphatic hydroxyl groups is 1. The van der Waals surface area contributed by atoms with Gasteiger partial charge in [-0.1, -0.05) is 12.8 Å². The maximum atomic E-state index is 12.1. The first-order valence-corrected chi connectivity index (χ1v) is 6.71. The molecule has 2 aliphatic rings. The molecule has 16 heavy (non-hydrogen) atoms. The van der Waals surface area contributed by atoms with Gasteiger partial charge in [0.1, 0.15) is 0 Å². The summed E-state index contributed by atoms with van der Waals surface area (Å²) in [4.78, 5) is 14.2. The van der Waals surface area contributed by atoms with Crippen molar-refractivity contribution in [2.45, 2.75) is 44.9 Å². The zero-order valence-corrected chi connectivity index (χ0v) is 10.0. The molecule has 1 saturated heterocycles. The Morgan fingerprint density at radius 3 is 2.31 bits per heavy atom. The minimum atomic E-state index is 0.293. The van der Waals surface area contributed by atoms with Crippen LogP contribution < -0.4 is 0 Å². The van der Waals surface area contributed by atoms with E-state index in [1.165, 1.54) is 12.8 Å². The predicted molar refractivity (Wildman–Crippen MR) is 63.0 cm³/mol. The Morgan fingerprint density at radius 1 is 1.12 bits per heavy atom. The molecule has 0 aromatic heterocycles. The van der Waals surface area contributed by atoms with Gasteiger partial charge in [0.25, 0.3) is 0 Å². The van der Waals surface area contributed by atoms with Crippen molar-refractivity contribution < 1.29 is 9.90 Å². The number of nitrogens with zero attached hydrogens (tertiary/aromatic N) is 1. The van der Waals surface area contributed by atoms with Crippen LogP contribution in [0.2, 0.25) is 0 Å². The SMILES string of the molecule is O=C(C1CCCC1)N1CCC(CCO)CC1. The third-order valence-electron chi connectivity index (χ3n) is 4.17. The van der Waals surface area contributed by atoms with Crippen LogP contribution in [0.1, 0.15) is 44.9 Å². The zero-order valence-electron chi connectivity index (χ0n) is 10.0. The van der Waals surface area contributed by atoms with Crippen molar-refractivity contribution in [3.05, 3.63) is 0 Å². The van der Waals surface area contributed by atoms with Gasteiger partial charge in [0.2, 0.25) is 5.91 Å². The lowest BCUT2D eigenvalue weighted by Crippen LogP contribution is -2.41. The molecule has 0 atom stereocenters. The smallest absolute Gasteiger partial charge is 0.225 e. The number of carbonyl (C=O) groups is 1. The maximum absolute atomic E-state index is 12.1. The first-order chi connectivity index (χ1) is 7.81. The van der Waals surface area contributed by atoms with Crippen LogP contribution in [0.25, 0.3) is 0 Å². The number of amides is 1. The lowest BCUT2D eigenvalue weighted by Gasteiger charge is -2.33. The third kappa shape index (κ3) is 2.76. The summed E-state index contributed by atoms with van der Waals surface area (Å²) < 4.78 is 0. The van der Waals surface area contributed by atoms with E-state index >= 15 is 0 Å². The number of rotatable bonds is 3. The van der Waals surface area contributed by atoms with Crippen molar-refractivity contribution >= 4 is 5.91 Å². The first-order valence-electron chi connectivity index (χ1n) is 6.71. The zero-order chi connectivity index (χ0) is 11.4. The van der Waals surface area contributed by atoms with Crippen LogP contribution in [0.15, 0.2) is 0 Å². The first kappa shape index (κ1) is 11.9. The Balaban J connectivity index is 1.77. The van der Waals surface area contributed by atoms with Crippen LogP contribution in [-0.4, -0.2) is 35.6 Å². The minimum absolute atomic E-state index is 0.293. The van der Waals surface area contributed by atoms with Gasteiger partial charge in [-0.3, -0.25) is 4.79 Å². The fourth-order valence-corrected chi connectivity index (χ4v) is 3.06. The fraction of sp³-hybridized carbons (Fsp3) is 0.923. The molecule has 0 spiro atoms. The summed E-state index contributed by atoms with van der Waals surface area (Å²) >= 11 is 0. The lowest BCUT2D eigenvalue weighted by molar-refractivity contribution is -0.136. The normalized spacial score (nSPS) is 23.9. The second-order valence-electron chi connectivity index (χ2n) is 5.26. The molecule has 0 bridgehead atoms. The van der Waals surface area contributed by atoms with E-state index in [4.69, 9.17) is 5.11 Å². The number of hydrogen-bond acceptors (Lipinski definition) is 2. The van der Waals surface area contributed by atoms with Crippen molar-refractivity contribution in [2.75, 3.05) is 19.7 Å². The van der Waals surface area contributed by atoms with Crippen LogP contribution >= 0.6 is 0 Å². The van der Waals surface area contributed by atoms with Crippen LogP contribution in [0.4, 0.5) is 0 Å². The second kappa shape index (κ2) is 5.67. The van der Waals surface area contributed by atoms with Gasteiger partial charge >= 0.3 is 0 Å². The van der Waals surface area contributed by atoms with Crippen LogP contribution in [0.5, 0.6) is 0 Å². The van der Waals surface area contributed by atoms with E-state index in [-0.39, 0.29) is 0 Å². The molecule has 1 N–H and O–H groups in total. The van der Waals surface area contributed by atoms with Gasteiger partial charge in [0.15, 0.2) is 0 Å². The number of piperidine rings is 1. The lowest BCUT2D eigenvalue weighted by atomic mass is 9.93. The highest BCUT2D eigenvalue weighted by Crippen LogP contribution is 2.28. The van der Waals surface area contributed by atoms with Crippen LogP contribution in [-0.2, 0) is 4.79 Å². The molecule has 1 heterocycles. The minimum Gasteiger partial charge on any atom is -0.396 e. The molecular weight excluding hydrogens is 202 g/mol. The van der Waals surface area contributed by atoms with E-state index < -0.39 is 0 Å². The molecule has 1 amide bonds. The van der Waals surface area contributed by atoms with Crippen molar-refractivity contribution in [1.29, 1.82) is 0 Å². The Hall–Kier alpha value is -0.570. The summed E-state index contributed by atoms with van der Waals surface area (Å²) in [5.74, 6) is 1.37. The summed E-state index contributed by atoms with van der Waals surface area (Å²) in [7, 11) is 0. The largest absolute Gasteiger partial charge is 0.396 e. The quantitative estimate of drug-likeness (QED) is 0.795. The number of carbonyl (C=O) groups excluding carboxylic acids is 1. The predicted octanol–water partition coefficient (Wildman–Crippen LogP) is 1.80. The van der Waals surface area contributed by atoms with Crippen molar-refractivity contribution in [3.63, 3.8) is 0 Å². The van der Waals surface area contributed by atoms with E-state index in [0.717, 1.165) is 45.2 Å². The number of aliphatic hydroxyl groups excluding tert-OH is 1. The number of likely N-dealkylation sites (tertiary alicyclic amines) is 1. The van der Waals surface area contributed by atoms with E-state index in [2.05, 4.69) is 4.90 Å².